The lowest BCUT2D eigenvalue weighted by molar-refractivity contribution is 0.00528. The summed E-state index contributed by atoms with van der Waals surface area (Å²) in [5.74, 6) is 0.969. The molecule has 2 N–H and O–H groups in total. The SMILES string of the molecule is CCC(C)C(C)(O)CNCc1cnc2ncccn12. The highest BCUT2D eigenvalue weighted by molar-refractivity contribution is 5.30. The molecule has 0 radical (unpaired) electrons. The highest BCUT2D eigenvalue weighted by Gasteiger charge is 2.26. The van der Waals surface area contributed by atoms with Gasteiger partial charge in [-0.05, 0) is 18.9 Å². The summed E-state index contributed by atoms with van der Waals surface area (Å²) < 4.78 is 1.95. The second-order valence-corrected chi connectivity index (χ2v) is 5.31. The lowest BCUT2D eigenvalue weighted by atomic mass is 9.89. The minimum absolute atomic E-state index is 0.267. The Labute approximate surface area is 113 Å². The maximum absolute atomic E-state index is 10.3. The van der Waals surface area contributed by atoms with E-state index in [1.807, 2.05) is 29.8 Å². The quantitative estimate of drug-likeness (QED) is 0.830. The summed E-state index contributed by atoms with van der Waals surface area (Å²) in [5, 5.41) is 13.6. The molecule has 19 heavy (non-hydrogen) atoms. The molecule has 0 amide bonds. The maximum atomic E-state index is 10.3. The summed E-state index contributed by atoms with van der Waals surface area (Å²) in [5.41, 5.74) is 0.357. The van der Waals surface area contributed by atoms with Crippen molar-refractivity contribution in [1.29, 1.82) is 0 Å². The van der Waals surface area contributed by atoms with Crippen molar-refractivity contribution >= 4 is 5.78 Å². The van der Waals surface area contributed by atoms with Crippen LogP contribution in [0.4, 0.5) is 0 Å². The molecule has 0 aliphatic heterocycles. The third-order valence-corrected chi connectivity index (χ3v) is 3.83. The van der Waals surface area contributed by atoms with E-state index in [9.17, 15) is 5.11 Å². The molecule has 0 aromatic carbocycles. The summed E-state index contributed by atoms with van der Waals surface area (Å²) in [7, 11) is 0. The first-order valence-corrected chi connectivity index (χ1v) is 6.74. The standard InChI is InChI=1S/C14H22N4O/c1-4-11(2)14(3,19)10-15-8-12-9-17-13-16-6-5-7-18(12)13/h5-7,9,11,15,19H,4,8,10H2,1-3H3. The lowest BCUT2D eigenvalue weighted by Crippen LogP contribution is -2.42. The third kappa shape index (κ3) is 3.11. The van der Waals surface area contributed by atoms with Gasteiger partial charge in [-0.1, -0.05) is 20.3 Å². The first-order valence-electron chi connectivity index (χ1n) is 6.74. The number of hydrogen-bond acceptors (Lipinski definition) is 4. The van der Waals surface area contributed by atoms with Crippen molar-refractivity contribution in [1.82, 2.24) is 19.7 Å². The van der Waals surface area contributed by atoms with Crippen molar-refractivity contribution in [2.24, 2.45) is 5.92 Å². The van der Waals surface area contributed by atoms with Gasteiger partial charge in [0.15, 0.2) is 0 Å². The molecule has 2 aromatic rings. The molecule has 2 rings (SSSR count). The molecule has 0 saturated heterocycles. The Hall–Kier alpha value is -1.46. The van der Waals surface area contributed by atoms with Crippen LogP contribution < -0.4 is 5.32 Å². The smallest absolute Gasteiger partial charge is 0.233 e. The Bertz CT molecular complexity index is 535. The fourth-order valence-electron chi connectivity index (χ4n) is 2.07. The van der Waals surface area contributed by atoms with Crippen LogP contribution >= 0.6 is 0 Å². The van der Waals surface area contributed by atoms with E-state index in [1.165, 1.54) is 0 Å². The number of nitrogens with one attached hydrogen (secondary N) is 1. The Morgan fingerprint density at radius 1 is 1.47 bits per heavy atom. The number of aliphatic hydroxyl groups is 1. The minimum Gasteiger partial charge on any atom is -0.389 e. The number of imidazole rings is 1. The van der Waals surface area contributed by atoms with E-state index in [0.29, 0.717) is 18.9 Å². The van der Waals surface area contributed by atoms with Crippen LogP contribution in [0, 0.1) is 5.92 Å². The normalized spacial score (nSPS) is 16.4. The van der Waals surface area contributed by atoms with Crippen LogP contribution in [-0.2, 0) is 6.54 Å². The Kier molecular flexibility index (Phi) is 4.17. The van der Waals surface area contributed by atoms with Crippen molar-refractivity contribution < 1.29 is 5.11 Å². The molecule has 5 heteroatoms. The van der Waals surface area contributed by atoms with Crippen LogP contribution in [0.5, 0.6) is 0 Å². The highest BCUT2D eigenvalue weighted by atomic mass is 16.3. The molecule has 2 atom stereocenters. The number of rotatable bonds is 6. The Balaban J connectivity index is 1.96. The van der Waals surface area contributed by atoms with Gasteiger partial charge < -0.3 is 10.4 Å². The monoisotopic (exact) mass is 262 g/mol. The van der Waals surface area contributed by atoms with Gasteiger partial charge in [0.1, 0.15) is 0 Å². The predicted molar refractivity (Wildman–Crippen MR) is 74.8 cm³/mol. The molecule has 2 unspecified atom stereocenters. The molecule has 5 nitrogen and oxygen atoms in total. The topological polar surface area (TPSA) is 62.5 Å². The number of hydrogen-bond donors (Lipinski definition) is 2. The van der Waals surface area contributed by atoms with Gasteiger partial charge in [-0.15, -0.1) is 0 Å². The van der Waals surface area contributed by atoms with Crippen LogP contribution in [0.3, 0.4) is 0 Å². The number of aromatic nitrogens is 3. The zero-order valence-electron chi connectivity index (χ0n) is 11.8. The third-order valence-electron chi connectivity index (χ3n) is 3.83. The fourth-order valence-corrected chi connectivity index (χ4v) is 2.07. The van der Waals surface area contributed by atoms with E-state index in [4.69, 9.17) is 0 Å². The minimum atomic E-state index is -0.687. The summed E-state index contributed by atoms with van der Waals surface area (Å²) >= 11 is 0. The summed E-state index contributed by atoms with van der Waals surface area (Å²) in [6, 6.07) is 1.88. The molecular formula is C14H22N4O. The van der Waals surface area contributed by atoms with Gasteiger partial charge in [0, 0.05) is 25.5 Å². The first-order chi connectivity index (χ1) is 9.04. The van der Waals surface area contributed by atoms with Gasteiger partial charge in [0.2, 0.25) is 5.78 Å². The fraction of sp³-hybridized carbons (Fsp3) is 0.571. The zero-order valence-corrected chi connectivity index (χ0v) is 11.8. The molecule has 2 heterocycles. The molecule has 104 valence electrons. The summed E-state index contributed by atoms with van der Waals surface area (Å²) in [6.45, 7) is 7.27. The summed E-state index contributed by atoms with van der Waals surface area (Å²) in [6.07, 6.45) is 6.45. The highest BCUT2D eigenvalue weighted by Crippen LogP contribution is 2.18. The van der Waals surface area contributed by atoms with Gasteiger partial charge in [-0.3, -0.25) is 4.40 Å². The molecular weight excluding hydrogens is 240 g/mol. The van der Waals surface area contributed by atoms with Crippen LogP contribution in [0.1, 0.15) is 32.9 Å². The predicted octanol–water partition coefficient (Wildman–Crippen LogP) is 1.62. The van der Waals surface area contributed by atoms with E-state index in [2.05, 4.69) is 29.1 Å². The largest absolute Gasteiger partial charge is 0.389 e. The van der Waals surface area contributed by atoms with Gasteiger partial charge in [0.25, 0.3) is 0 Å². The van der Waals surface area contributed by atoms with E-state index < -0.39 is 5.60 Å². The molecule has 0 saturated carbocycles. The van der Waals surface area contributed by atoms with Crippen LogP contribution in [0.2, 0.25) is 0 Å². The summed E-state index contributed by atoms with van der Waals surface area (Å²) in [4.78, 5) is 8.41. The number of nitrogens with zero attached hydrogens (tertiary/aromatic N) is 3. The zero-order chi connectivity index (χ0) is 13.9. The van der Waals surface area contributed by atoms with Crippen molar-refractivity contribution in [3.8, 4) is 0 Å². The first kappa shape index (κ1) is 14.0. The van der Waals surface area contributed by atoms with Gasteiger partial charge in [-0.2, -0.15) is 0 Å². The van der Waals surface area contributed by atoms with E-state index in [-0.39, 0.29) is 5.92 Å². The second-order valence-electron chi connectivity index (χ2n) is 5.31. The van der Waals surface area contributed by atoms with Crippen molar-refractivity contribution in [3.63, 3.8) is 0 Å². The van der Waals surface area contributed by atoms with E-state index in [0.717, 1.165) is 12.1 Å². The molecule has 0 fully saturated rings. The maximum Gasteiger partial charge on any atom is 0.233 e. The lowest BCUT2D eigenvalue weighted by Gasteiger charge is -2.29. The van der Waals surface area contributed by atoms with Crippen molar-refractivity contribution in [3.05, 3.63) is 30.4 Å². The Morgan fingerprint density at radius 3 is 3.00 bits per heavy atom. The van der Waals surface area contributed by atoms with Crippen LogP contribution in [0.25, 0.3) is 5.78 Å². The van der Waals surface area contributed by atoms with Gasteiger partial charge in [-0.25, -0.2) is 9.97 Å². The number of fused-ring (bicyclic) bond motifs is 1. The average molecular weight is 262 g/mol. The second kappa shape index (κ2) is 5.67. The van der Waals surface area contributed by atoms with Crippen LogP contribution in [0.15, 0.2) is 24.7 Å². The molecule has 2 aromatic heterocycles. The Morgan fingerprint density at radius 2 is 2.26 bits per heavy atom. The van der Waals surface area contributed by atoms with E-state index in [1.54, 1.807) is 6.20 Å². The van der Waals surface area contributed by atoms with Crippen molar-refractivity contribution in [2.45, 2.75) is 39.3 Å². The van der Waals surface area contributed by atoms with Gasteiger partial charge >= 0.3 is 0 Å². The van der Waals surface area contributed by atoms with E-state index >= 15 is 0 Å². The van der Waals surface area contributed by atoms with Gasteiger partial charge in [0.05, 0.1) is 17.5 Å². The van der Waals surface area contributed by atoms with Crippen molar-refractivity contribution in [2.75, 3.05) is 6.54 Å². The molecule has 0 aliphatic rings. The molecule has 0 bridgehead atoms. The van der Waals surface area contributed by atoms with Crippen LogP contribution in [-0.4, -0.2) is 31.6 Å². The average Bonchev–Trinajstić information content (AvgIpc) is 2.81. The molecule has 0 aliphatic carbocycles. The molecule has 0 spiro atoms.